The van der Waals surface area contributed by atoms with Gasteiger partial charge < -0.3 is 5.32 Å². The van der Waals surface area contributed by atoms with E-state index in [0.29, 0.717) is 5.41 Å². The van der Waals surface area contributed by atoms with Gasteiger partial charge in [-0.1, -0.05) is 32.9 Å². The van der Waals surface area contributed by atoms with Gasteiger partial charge in [0.05, 0.1) is 0 Å². The van der Waals surface area contributed by atoms with E-state index in [9.17, 15) is 0 Å². The Hall–Kier alpha value is -0.500. The number of hydrogen-bond acceptors (Lipinski definition) is 1. The topological polar surface area (TPSA) is 12.0 Å². The summed E-state index contributed by atoms with van der Waals surface area (Å²) in [5, 5.41) is 3.59. The molecular formula is C17H26BrN. The lowest BCUT2D eigenvalue weighted by Crippen LogP contribution is -2.28. The lowest BCUT2D eigenvalue weighted by molar-refractivity contribution is 0.153. The highest BCUT2D eigenvalue weighted by atomic mass is 79.9. The summed E-state index contributed by atoms with van der Waals surface area (Å²) in [5.74, 6) is 1.75. The molecule has 1 fully saturated rings. The van der Waals surface area contributed by atoms with E-state index in [1.165, 1.54) is 35.8 Å². The maximum atomic E-state index is 3.59. The highest BCUT2D eigenvalue weighted by molar-refractivity contribution is 9.10. The first-order valence-electron chi connectivity index (χ1n) is 7.45. The molecule has 19 heavy (non-hydrogen) atoms. The van der Waals surface area contributed by atoms with E-state index in [1.54, 1.807) is 0 Å². The molecule has 1 aromatic carbocycles. The van der Waals surface area contributed by atoms with Crippen LogP contribution in [-0.2, 0) is 0 Å². The van der Waals surface area contributed by atoms with Crippen LogP contribution in [0.3, 0.4) is 0 Å². The SMILES string of the molecule is CC(C)(C)C1CCC(CNc2ccccc2Br)CC1. The zero-order chi connectivity index (χ0) is 13.9. The fourth-order valence-corrected chi connectivity index (χ4v) is 3.52. The third-order valence-corrected chi connectivity index (χ3v) is 5.22. The summed E-state index contributed by atoms with van der Waals surface area (Å²) in [7, 11) is 0. The maximum Gasteiger partial charge on any atom is 0.0484 e. The Balaban J connectivity index is 1.79. The average Bonchev–Trinajstić information content (AvgIpc) is 2.37. The zero-order valence-corrected chi connectivity index (χ0v) is 14.0. The van der Waals surface area contributed by atoms with Crippen LogP contribution in [0.2, 0.25) is 0 Å². The van der Waals surface area contributed by atoms with Gasteiger partial charge in [-0.2, -0.15) is 0 Å². The van der Waals surface area contributed by atoms with Gasteiger partial charge in [0.25, 0.3) is 0 Å². The van der Waals surface area contributed by atoms with Crippen molar-refractivity contribution in [1.82, 2.24) is 0 Å². The molecule has 2 heteroatoms. The molecule has 0 saturated heterocycles. The fraction of sp³-hybridized carbons (Fsp3) is 0.647. The minimum atomic E-state index is 0.487. The molecule has 1 saturated carbocycles. The molecule has 0 aliphatic heterocycles. The van der Waals surface area contributed by atoms with Gasteiger partial charge in [-0.15, -0.1) is 0 Å². The molecule has 0 aromatic heterocycles. The summed E-state index contributed by atoms with van der Waals surface area (Å²) in [6, 6.07) is 8.39. The van der Waals surface area contributed by atoms with Crippen molar-refractivity contribution in [3.8, 4) is 0 Å². The molecule has 2 rings (SSSR count). The van der Waals surface area contributed by atoms with Gasteiger partial charge in [0.15, 0.2) is 0 Å². The zero-order valence-electron chi connectivity index (χ0n) is 12.4. The maximum absolute atomic E-state index is 3.59. The lowest BCUT2D eigenvalue weighted by atomic mass is 9.70. The van der Waals surface area contributed by atoms with Crippen LogP contribution in [0.5, 0.6) is 0 Å². The minimum Gasteiger partial charge on any atom is -0.384 e. The molecule has 0 atom stereocenters. The van der Waals surface area contributed by atoms with Crippen molar-refractivity contribution in [2.75, 3.05) is 11.9 Å². The van der Waals surface area contributed by atoms with E-state index >= 15 is 0 Å². The largest absolute Gasteiger partial charge is 0.384 e. The Bertz CT molecular complexity index is 400. The van der Waals surface area contributed by atoms with Crippen molar-refractivity contribution in [2.24, 2.45) is 17.3 Å². The Labute approximate surface area is 126 Å². The van der Waals surface area contributed by atoms with Gasteiger partial charge in [0, 0.05) is 16.7 Å². The van der Waals surface area contributed by atoms with Gasteiger partial charge >= 0.3 is 0 Å². The van der Waals surface area contributed by atoms with Crippen LogP contribution in [0, 0.1) is 17.3 Å². The molecule has 0 radical (unpaired) electrons. The Kier molecular flexibility index (Phi) is 4.94. The molecule has 1 N–H and O–H groups in total. The molecule has 106 valence electrons. The number of benzene rings is 1. The summed E-state index contributed by atoms with van der Waals surface area (Å²) in [4.78, 5) is 0. The summed E-state index contributed by atoms with van der Waals surface area (Å²) >= 11 is 3.59. The van der Waals surface area contributed by atoms with Crippen LogP contribution in [0.4, 0.5) is 5.69 Å². The minimum absolute atomic E-state index is 0.487. The molecule has 0 unspecified atom stereocenters. The number of para-hydroxylation sites is 1. The number of nitrogens with one attached hydrogen (secondary N) is 1. The van der Waals surface area contributed by atoms with Crippen LogP contribution >= 0.6 is 15.9 Å². The van der Waals surface area contributed by atoms with Crippen molar-refractivity contribution in [3.63, 3.8) is 0 Å². The molecule has 1 nitrogen and oxygen atoms in total. The molecule has 0 heterocycles. The molecule has 1 aliphatic carbocycles. The van der Waals surface area contributed by atoms with Crippen LogP contribution in [0.1, 0.15) is 46.5 Å². The van der Waals surface area contributed by atoms with Crippen LogP contribution in [-0.4, -0.2) is 6.54 Å². The predicted molar refractivity (Wildman–Crippen MR) is 87.5 cm³/mol. The summed E-state index contributed by atoms with van der Waals surface area (Å²) in [6.07, 6.45) is 5.54. The van der Waals surface area contributed by atoms with Crippen molar-refractivity contribution in [1.29, 1.82) is 0 Å². The summed E-state index contributed by atoms with van der Waals surface area (Å²) < 4.78 is 1.17. The van der Waals surface area contributed by atoms with E-state index < -0.39 is 0 Å². The first kappa shape index (κ1) is 14.9. The second kappa shape index (κ2) is 6.30. The molecular weight excluding hydrogens is 298 g/mol. The Morgan fingerprint density at radius 2 is 1.74 bits per heavy atom. The third kappa shape index (κ3) is 4.24. The molecule has 1 aliphatic rings. The normalized spacial score (nSPS) is 24.2. The van der Waals surface area contributed by atoms with E-state index in [1.807, 2.05) is 0 Å². The highest BCUT2D eigenvalue weighted by Crippen LogP contribution is 2.39. The Morgan fingerprint density at radius 1 is 1.11 bits per heavy atom. The van der Waals surface area contributed by atoms with E-state index in [-0.39, 0.29) is 0 Å². The van der Waals surface area contributed by atoms with Crippen molar-refractivity contribution >= 4 is 21.6 Å². The van der Waals surface area contributed by atoms with Crippen LogP contribution < -0.4 is 5.32 Å². The second-order valence-electron chi connectivity index (χ2n) is 6.94. The smallest absolute Gasteiger partial charge is 0.0484 e. The quantitative estimate of drug-likeness (QED) is 0.750. The van der Waals surface area contributed by atoms with Crippen molar-refractivity contribution < 1.29 is 0 Å². The third-order valence-electron chi connectivity index (χ3n) is 4.53. The highest BCUT2D eigenvalue weighted by Gasteiger charge is 2.29. The second-order valence-corrected chi connectivity index (χ2v) is 7.80. The van der Waals surface area contributed by atoms with Crippen molar-refractivity contribution in [3.05, 3.63) is 28.7 Å². The molecule has 1 aromatic rings. The first-order valence-corrected chi connectivity index (χ1v) is 8.24. The van der Waals surface area contributed by atoms with Crippen molar-refractivity contribution in [2.45, 2.75) is 46.5 Å². The number of hydrogen-bond donors (Lipinski definition) is 1. The van der Waals surface area contributed by atoms with Crippen LogP contribution in [0.15, 0.2) is 28.7 Å². The number of anilines is 1. The van der Waals surface area contributed by atoms with Crippen LogP contribution in [0.25, 0.3) is 0 Å². The summed E-state index contributed by atoms with van der Waals surface area (Å²) in [5.41, 5.74) is 1.71. The number of rotatable bonds is 3. The summed E-state index contributed by atoms with van der Waals surface area (Å²) in [6.45, 7) is 8.27. The van der Waals surface area contributed by atoms with E-state index in [0.717, 1.165) is 18.4 Å². The molecule has 0 spiro atoms. The van der Waals surface area contributed by atoms with Gasteiger partial charge in [-0.3, -0.25) is 0 Å². The number of halogens is 1. The standard InChI is InChI=1S/C17H26BrN/c1-17(2,3)14-10-8-13(9-11-14)12-19-16-7-5-4-6-15(16)18/h4-7,13-14,19H,8-12H2,1-3H3. The monoisotopic (exact) mass is 323 g/mol. The fourth-order valence-electron chi connectivity index (χ4n) is 3.09. The van der Waals surface area contributed by atoms with E-state index in [2.05, 4.69) is 66.3 Å². The lowest BCUT2D eigenvalue weighted by Gasteiger charge is -2.37. The molecule has 0 amide bonds. The average molecular weight is 324 g/mol. The Morgan fingerprint density at radius 3 is 2.32 bits per heavy atom. The van der Waals surface area contributed by atoms with Gasteiger partial charge in [-0.25, -0.2) is 0 Å². The first-order chi connectivity index (χ1) is 8.97. The van der Waals surface area contributed by atoms with Gasteiger partial charge in [-0.05, 0) is 71.0 Å². The predicted octanol–water partition coefficient (Wildman–Crippen LogP) is 5.71. The van der Waals surface area contributed by atoms with Gasteiger partial charge in [0.1, 0.15) is 0 Å². The molecule has 0 bridgehead atoms. The van der Waals surface area contributed by atoms with Gasteiger partial charge in [0.2, 0.25) is 0 Å². The van der Waals surface area contributed by atoms with E-state index in [4.69, 9.17) is 0 Å².